The Morgan fingerprint density at radius 3 is 2.68 bits per heavy atom. The molecule has 0 radical (unpaired) electrons. The second-order valence-electron chi connectivity index (χ2n) is 5.77. The van der Waals surface area contributed by atoms with Gasteiger partial charge in [0.15, 0.2) is 0 Å². The Morgan fingerprint density at radius 2 is 2.00 bits per heavy atom. The largest absolute Gasteiger partial charge is 0.469 e. The van der Waals surface area contributed by atoms with E-state index >= 15 is 0 Å². The van der Waals surface area contributed by atoms with Gasteiger partial charge in [0.2, 0.25) is 0 Å². The maximum atomic E-state index is 12.2. The Kier molecular flexibility index (Phi) is 3.31. The van der Waals surface area contributed by atoms with Crippen LogP contribution in [0.4, 0.5) is 0 Å². The molecule has 0 aliphatic carbocycles. The number of carbonyl (C=O) groups excluding carboxylic acids is 1. The number of fused-ring (bicyclic) bond motifs is 2. The van der Waals surface area contributed by atoms with Gasteiger partial charge in [-0.1, -0.05) is 30.3 Å². The van der Waals surface area contributed by atoms with Crippen LogP contribution in [0.5, 0.6) is 0 Å². The lowest BCUT2D eigenvalue weighted by Crippen LogP contribution is -2.49. The summed E-state index contributed by atoms with van der Waals surface area (Å²) in [6, 6.07) is 11.4. The van der Waals surface area contributed by atoms with E-state index in [0.717, 1.165) is 12.8 Å². The summed E-state index contributed by atoms with van der Waals surface area (Å²) in [5, 5.41) is 0. The summed E-state index contributed by atoms with van der Waals surface area (Å²) in [5.74, 6) is 0.240. The van der Waals surface area contributed by atoms with Crippen LogP contribution in [0, 0.1) is 5.92 Å². The van der Waals surface area contributed by atoms with Crippen molar-refractivity contribution in [2.75, 3.05) is 14.2 Å². The van der Waals surface area contributed by atoms with Gasteiger partial charge >= 0.3 is 5.97 Å². The highest BCUT2D eigenvalue weighted by Crippen LogP contribution is 2.46. The van der Waals surface area contributed by atoms with Crippen molar-refractivity contribution >= 4 is 5.97 Å². The minimum atomic E-state index is -0.0500. The number of nitrogens with zero attached hydrogens (tertiary/aromatic N) is 1. The molecule has 2 aliphatic rings. The highest BCUT2D eigenvalue weighted by Gasteiger charge is 2.49. The molecule has 4 atom stereocenters. The molecule has 2 bridgehead atoms. The Hall–Kier alpha value is -1.35. The number of methoxy groups -OCH3 is 1. The van der Waals surface area contributed by atoms with Crippen LogP contribution >= 0.6 is 0 Å². The third-order valence-corrected chi connectivity index (χ3v) is 4.97. The lowest BCUT2D eigenvalue weighted by atomic mass is 9.76. The van der Waals surface area contributed by atoms with Gasteiger partial charge in [0.25, 0.3) is 0 Å². The Balaban J connectivity index is 1.96. The number of benzene rings is 1. The van der Waals surface area contributed by atoms with Gasteiger partial charge in [-0.25, -0.2) is 0 Å². The standard InChI is InChI=1S/C16H21NO2/c1-17-12-8-9-14(17)15(16(18)19-2)13(10-12)11-6-4-3-5-7-11/h3-7,12-15H,8-10H2,1-2H3/t12-,13-,14+,15+/m1/s1. The van der Waals surface area contributed by atoms with Gasteiger partial charge in [0, 0.05) is 18.0 Å². The average molecular weight is 259 g/mol. The first-order valence-corrected chi connectivity index (χ1v) is 7.07. The van der Waals surface area contributed by atoms with Crippen LogP contribution in [-0.2, 0) is 9.53 Å². The van der Waals surface area contributed by atoms with Crippen molar-refractivity contribution in [2.45, 2.75) is 37.3 Å². The van der Waals surface area contributed by atoms with E-state index in [1.54, 1.807) is 0 Å². The van der Waals surface area contributed by atoms with Crippen LogP contribution in [0.2, 0.25) is 0 Å². The normalized spacial score (nSPS) is 34.2. The predicted molar refractivity (Wildman–Crippen MR) is 73.9 cm³/mol. The maximum absolute atomic E-state index is 12.2. The minimum Gasteiger partial charge on any atom is -0.469 e. The molecule has 0 spiro atoms. The Bertz CT molecular complexity index is 459. The summed E-state index contributed by atoms with van der Waals surface area (Å²) in [6.07, 6.45) is 3.39. The van der Waals surface area contributed by atoms with E-state index in [9.17, 15) is 4.79 Å². The van der Waals surface area contributed by atoms with Crippen LogP contribution < -0.4 is 0 Å². The van der Waals surface area contributed by atoms with Crippen molar-refractivity contribution in [3.05, 3.63) is 35.9 Å². The number of hydrogen-bond donors (Lipinski definition) is 0. The SMILES string of the molecule is COC(=O)[C@H]1[C@@H](c2ccccc2)C[C@H]2CC[C@@H]1N2C. The van der Waals surface area contributed by atoms with Crippen LogP contribution in [0.1, 0.15) is 30.7 Å². The minimum absolute atomic E-state index is 0.0175. The van der Waals surface area contributed by atoms with Crippen LogP contribution in [-0.4, -0.2) is 37.1 Å². The molecule has 0 saturated carbocycles. The molecule has 0 aromatic heterocycles. The van der Waals surface area contributed by atoms with Gasteiger partial charge in [0.05, 0.1) is 13.0 Å². The van der Waals surface area contributed by atoms with E-state index in [0.29, 0.717) is 18.0 Å². The molecule has 19 heavy (non-hydrogen) atoms. The quantitative estimate of drug-likeness (QED) is 0.764. The van der Waals surface area contributed by atoms with E-state index < -0.39 is 0 Å². The van der Waals surface area contributed by atoms with Crippen molar-refractivity contribution in [1.29, 1.82) is 0 Å². The van der Waals surface area contributed by atoms with Gasteiger partial charge < -0.3 is 4.74 Å². The molecule has 102 valence electrons. The topological polar surface area (TPSA) is 29.5 Å². The summed E-state index contributed by atoms with van der Waals surface area (Å²) >= 11 is 0. The van der Waals surface area contributed by atoms with Gasteiger partial charge in [-0.15, -0.1) is 0 Å². The molecule has 1 aromatic rings. The molecule has 0 amide bonds. The highest BCUT2D eigenvalue weighted by molar-refractivity contribution is 5.75. The second-order valence-corrected chi connectivity index (χ2v) is 5.77. The zero-order valence-corrected chi connectivity index (χ0v) is 11.6. The third-order valence-electron chi connectivity index (χ3n) is 4.97. The molecule has 3 heteroatoms. The summed E-state index contributed by atoms with van der Waals surface area (Å²) in [6.45, 7) is 0. The lowest BCUT2D eigenvalue weighted by molar-refractivity contribution is -0.150. The molecule has 2 saturated heterocycles. The molecule has 2 heterocycles. The molecule has 2 aliphatic heterocycles. The first-order chi connectivity index (χ1) is 9.22. The monoisotopic (exact) mass is 259 g/mol. The molecule has 2 fully saturated rings. The lowest BCUT2D eigenvalue weighted by Gasteiger charge is -2.41. The molecular formula is C16H21NO2. The van der Waals surface area contributed by atoms with E-state index in [2.05, 4.69) is 36.2 Å². The van der Waals surface area contributed by atoms with Gasteiger partial charge in [-0.2, -0.15) is 0 Å². The van der Waals surface area contributed by atoms with Crippen LogP contribution in [0.3, 0.4) is 0 Å². The Labute approximate surface area is 114 Å². The molecular weight excluding hydrogens is 238 g/mol. The van der Waals surface area contributed by atoms with Crippen molar-refractivity contribution in [3.8, 4) is 0 Å². The number of ether oxygens (including phenoxy) is 1. The zero-order chi connectivity index (χ0) is 13.4. The third kappa shape index (κ3) is 2.06. The fourth-order valence-electron chi connectivity index (χ4n) is 3.97. The number of esters is 1. The molecule has 0 N–H and O–H groups in total. The fraction of sp³-hybridized carbons (Fsp3) is 0.562. The summed E-state index contributed by atoms with van der Waals surface area (Å²) in [4.78, 5) is 14.6. The average Bonchev–Trinajstić information content (AvgIpc) is 2.70. The summed E-state index contributed by atoms with van der Waals surface area (Å²) in [5.41, 5.74) is 1.28. The molecule has 3 nitrogen and oxygen atoms in total. The maximum Gasteiger partial charge on any atom is 0.310 e. The van der Waals surface area contributed by atoms with Gasteiger partial charge in [0.1, 0.15) is 0 Å². The zero-order valence-electron chi connectivity index (χ0n) is 11.6. The summed E-state index contributed by atoms with van der Waals surface area (Å²) < 4.78 is 5.07. The predicted octanol–water partition coefficient (Wildman–Crippen LogP) is 2.43. The number of rotatable bonds is 2. The van der Waals surface area contributed by atoms with Crippen molar-refractivity contribution in [1.82, 2.24) is 4.90 Å². The molecule has 1 aromatic carbocycles. The smallest absolute Gasteiger partial charge is 0.310 e. The number of piperidine rings is 1. The second kappa shape index (κ2) is 4.97. The van der Waals surface area contributed by atoms with Crippen molar-refractivity contribution in [3.63, 3.8) is 0 Å². The van der Waals surface area contributed by atoms with Gasteiger partial charge in [-0.05, 0) is 31.9 Å². The van der Waals surface area contributed by atoms with E-state index in [1.165, 1.54) is 19.1 Å². The number of carbonyl (C=O) groups is 1. The molecule has 3 rings (SSSR count). The van der Waals surface area contributed by atoms with Gasteiger partial charge in [-0.3, -0.25) is 9.69 Å². The fourth-order valence-corrected chi connectivity index (χ4v) is 3.97. The first kappa shape index (κ1) is 12.7. The van der Waals surface area contributed by atoms with E-state index in [4.69, 9.17) is 4.74 Å². The van der Waals surface area contributed by atoms with Crippen molar-refractivity contribution in [2.24, 2.45) is 5.92 Å². The first-order valence-electron chi connectivity index (χ1n) is 7.07. The molecule has 0 unspecified atom stereocenters. The van der Waals surface area contributed by atoms with Crippen LogP contribution in [0.25, 0.3) is 0 Å². The number of hydrogen-bond acceptors (Lipinski definition) is 3. The Morgan fingerprint density at radius 1 is 1.26 bits per heavy atom. The van der Waals surface area contributed by atoms with E-state index in [-0.39, 0.29) is 11.9 Å². The van der Waals surface area contributed by atoms with Crippen LogP contribution in [0.15, 0.2) is 30.3 Å². The van der Waals surface area contributed by atoms with E-state index in [1.807, 2.05) is 6.07 Å². The summed E-state index contributed by atoms with van der Waals surface area (Å²) in [7, 11) is 3.66. The van der Waals surface area contributed by atoms with Crippen molar-refractivity contribution < 1.29 is 9.53 Å². The highest BCUT2D eigenvalue weighted by atomic mass is 16.5.